The number of benzene rings is 1. The summed E-state index contributed by atoms with van der Waals surface area (Å²) in [4.78, 5) is 22.8. The van der Waals surface area contributed by atoms with Gasteiger partial charge in [-0.05, 0) is 18.9 Å². The average Bonchev–Trinajstić information content (AvgIpc) is 2.54. The summed E-state index contributed by atoms with van der Waals surface area (Å²) in [5.41, 5.74) is 3.04. The molecule has 1 aliphatic heterocycles. The van der Waals surface area contributed by atoms with Gasteiger partial charge in [0.2, 0.25) is 5.91 Å². The lowest BCUT2D eigenvalue weighted by Gasteiger charge is -2.40. The van der Waals surface area contributed by atoms with Crippen LogP contribution in [0.15, 0.2) is 42.7 Å². The van der Waals surface area contributed by atoms with Crippen molar-refractivity contribution in [1.82, 2.24) is 14.9 Å². The van der Waals surface area contributed by atoms with Gasteiger partial charge < -0.3 is 4.90 Å². The van der Waals surface area contributed by atoms with E-state index in [1.165, 1.54) is 5.56 Å². The van der Waals surface area contributed by atoms with Crippen LogP contribution in [-0.2, 0) is 16.8 Å². The fraction of sp³-hybridized carbons (Fsp3) is 0.389. The van der Waals surface area contributed by atoms with E-state index in [4.69, 9.17) is 0 Å². The van der Waals surface area contributed by atoms with Gasteiger partial charge in [0.05, 0.1) is 24.1 Å². The van der Waals surface area contributed by atoms with Gasteiger partial charge in [-0.1, -0.05) is 37.3 Å². The number of rotatable bonds is 3. The summed E-state index contributed by atoms with van der Waals surface area (Å²) in [6.45, 7) is 5.41. The third-order valence-corrected chi connectivity index (χ3v) is 4.44. The van der Waals surface area contributed by atoms with Crippen molar-refractivity contribution in [2.75, 3.05) is 6.54 Å². The summed E-state index contributed by atoms with van der Waals surface area (Å²) in [5.74, 6) is 0.204. The maximum Gasteiger partial charge on any atom is 0.222 e. The number of carbonyl (C=O) groups is 1. The van der Waals surface area contributed by atoms with Gasteiger partial charge in [0.15, 0.2) is 0 Å². The molecule has 1 aliphatic rings. The molecule has 1 fully saturated rings. The van der Waals surface area contributed by atoms with Gasteiger partial charge in [-0.15, -0.1) is 0 Å². The van der Waals surface area contributed by atoms with Gasteiger partial charge in [0, 0.05) is 24.6 Å². The van der Waals surface area contributed by atoms with E-state index in [0.717, 1.165) is 24.4 Å². The Labute approximate surface area is 131 Å². The lowest BCUT2D eigenvalue weighted by atomic mass is 9.75. The lowest BCUT2D eigenvalue weighted by molar-refractivity contribution is -0.136. The number of piperidine rings is 1. The predicted octanol–water partition coefficient (Wildman–Crippen LogP) is 2.87. The molecule has 0 saturated carbocycles. The molecule has 1 amide bonds. The number of hydrogen-bond acceptors (Lipinski definition) is 3. The Balaban J connectivity index is 1.79. The van der Waals surface area contributed by atoms with E-state index in [-0.39, 0.29) is 11.3 Å². The summed E-state index contributed by atoms with van der Waals surface area (Å²) in [5, 5.41) is 0. The maximum absolute atomic E-state index is 12.3. The van der Waals surface area contributed by atoms with Crippen molar-refractivity contribution >= 4 is 5.91 Å². The highest BCUT2D eigenvalue weighted by Crippen LogP contribution is 2.34. The molecule has 0 N–H and O–H groups in total. The van der Waals surface area contributed by atoms with E-state index in [1.807, 2.05) is 17.9 Å². The Hall–Kier alpha value is -2.23. The van der Waals surface area contributed by atoms with Crippen molar-refractivity contribution in [3.8, 4) is 0 Å². The van der Waals surface area contributed by atoms with Gasteiger partial charge in [0.1, 0.15) is 0 Å². The molecule has 2 heterocycles. The zero-order valence-corrected chi connectivity index (χ0v) is 13.1. The van der Waals surface area contributed by atoms with Crippen LogP contribution in [0.25, 0.3) is 0 Å². The largest absolute Gasteiger partial charge is 0.336 e. The van der Waals surface area contributed by atoms with Crippen LogP contribution in [0.5, 0.6) is 0 Å². The van der Waals surface area contributed by atoms with E-state index in [2.05, 4.69) is 41.2 Å². The zero-order chi connectivity index (χ0) is 15.6. The summed E-state index contributed by atoms with van der Waals surface area (Å²) in [6, 6.07) is 10.5. The molecular formula is C18H21N3O. The first-order valence-electron chi connectivity index (χ1n) is 7.68. The van der Waals surface area contributed by atoms with Gasteiger partial charge >= 0.3 is 0 Å². The fourth-order valence-corrected chi connectivity index (χ4v) is 3.05. The minimum absolute atomic E-state index is 0.00724. The van der Waals surface area contributed by atoms with Crippen LogP contribution >= 0.6 is 0 Å². The van der Waals surface area contributed by atoms with Crippen molar-refractivity contribution in [2.24, 2.45) is 0 Å². The first kappa shape index (κ1) is 14.7. The van der Waals surface area contributed by atoms with E-state index in [0.29, 0.717) is 13.0 Å². The third-order valence-electron chi connectivity index (χ3n) is 4.44. The van der Waals surface area contributed by atoms with Crippen LogP contribution in [0.3, 0.4) is 0 Å². The van der Waals surface area contributed by atoms with Crippen LogP contribution in [0.2, 0.25) is 0 Å². The highest BCUT2D eigenvalue weighted by atomic mass is 16.2. The molecule has 0 radical (unpaired) electrons. The van der Waals surface area contributed by atoms with E-state index < -0.39 is 0 Å². The van der Waals surface area contributed by atoms with Crippen molar-refractivity contribution in [3.63, 3.8) is 0 Å². The Morgan fingerprint density at radius 2 is 1.95 bits per heavy atom. The molecule has 1 aromatic heterocycles. The highest BCUT2D eigenvalue weighted by molar-refractivity contribution is 5.77. The molecule has 0 bridgehead atoms. The predicted molar refractivity (Wildman–Crippen MR) is 85.2 cm³/mol. The zero-order valence-electron chi connectivity index (χ0n) is 13.1. The van der Waals surface area contributed by atoms with E-state index in [9.17, 15) is 4.79 Å². The Bertz CT molecular complexity index is 654. The monoisotopic (exact) mass is 295 g/mol. The van der Waals surface area contributed by atoms with Gasteiger partial charge in [-0.25, -0.2) is 0 Å². The second-order valence-electron chi connectivity index (χ2n) is 6.33. The number of amides is 1. The van der Waals surface area contributed by atoms with Crippen molar-refractivity contribution in [1.29, 1.82) is 0 Å². The number of nitrogens with zero attached hydrogens (tertiary/aromatic N) is 3. The molecule has 114 valence electrons. The maximum atomic E-state index is 12.3. The molecular weight excluding hydrogens is 274 g/mol. The second-order valence-corrected chi connectivity index (χ2v) is 6.33. The van der Waals surface area contributed by atoms with Gasteiger partial charge in [-0.2, -0.15) is 0 Å². The molecule has 1 atom stereocenters. The number of carbonyl (C=O) groups excluding carboxylic acids is 1. The quantitative estimate of drug-likeness (QED) is 0.874. The number of likely N-dealkylation sites (tertiary alicyclic amines) is 1. The Kier molecular flexibility index (Phi) is 3.92. The number of hydrogen-bond donors (Lipinski definition) is 0. The summed E-state index contributed by atoms with van der Waals surface area (Å²) in [6.07, 6.45) is 4.99. The van der Waals surface area contributed by atoms with Gasteiger partial charge in [0.25, 0.3) is 0 Å². The Morgan fingerprint density at radius 3 is 2.64 bits per heavy atom. The van der Waals surface area contributed by atoms with Crippen molar-refractivity contribution in [3.05, 3.63) is 59.7 Å². The SMILES string of the molecule is Cc1cnc(CN2C[C@@](C)(c3ccccc3)CCC2=O)cn1. The molecule has 4 nitrogen and oxygen atoms in total. The summed E-state index contributed by atoms with van der Waals surface area (Å²) < 4.78 is 0. The summed E-state index contributed by atoms with van der Waals surface area (Å²) in [7, 11) is 0. The van der Waals surface area contributed by atoms with Crippen molar-refractivity contribution in [2.45, 2.75) is 38.6 Å². The van der Waals surface area contributed by atoms with Crippen LogP contribution in [0.4, 0.5) is 0 Å². The molecule has 2 aromatic rings. The molecule has 1 saturated heterocycles. The van der Waals surface area contributed by atoms with Crippen LogP contribution in [0.1, 0.15) is 36.7 Å². The first-order valence-corrected chi connectivity index (χ1v) is 7.68. The van der Waals surface area contributed by atoms with Gasteiger partial charge in [-0.3, -0.25) is 14.8 Å². The molecule has 0 spiro atoms. The summed E-state index contributed by atoms with van der Waals surface area (Å²) >= 11 is 0. The molecule has 0 aliphatic carbocycles. The molecule has 4 heteroatoms. The van der Waals surface area contributed by atoms with Crippen LogP contribution in [-0.4, -0.2) is 27.3 Å². The topological polar surface area (TPSA) is 46.1 Å². The standard InChI is InChI=1S/C18H21N3O/c1-14-10-20-16(11-19-14)12-21-13-18(2,9-8-17(21)22)15-6-4-3-5-7-15/h3-7,10-11H,8-9,12-13H2,1-2H3/t18-/m0/s1. The minimum atomic E-state index is 0.00724. The molecule has 22 heavy (non-hydrogen) atoms. The number of aromatic nitrogens is 2. The molecule has 0 unspecified atom stereocenters. The van der Waals surface area contributed by atoms with Crippen LogP contribution in [0, 0.1) is 6.92 Å². The second kappa shape index (κ2) is 5.87. The molecule has 1 aromatic carbocycles. The normalized spacial score (nSPS) is 21.9. The van der Waals surface area contributed by atoms with Crippen molar-refractivity contribution < 1.29 is 4.79 Å². The average molecular weight is 295 g/mol. The number of aryl methyl sites for hydroxylation is 1. The Morgan fingerprint density at radius 1 is 1.18 bits per heavy atom. The molecule has 3 rings (SSSR count). The minimum Gasteiger partial charge on any atom is -0.336 e. The van der Waals surface area contributed by atoms with E-state index >= 15 is 0 Å². The lowest BCUT2D eigenvalue weighted by Crippen LogP contribution is -2.47. The fourth-order valence-electron chi connectivity index (χ4n) is 3.05. The first-order chi connectivity index (χ1) is 10.6. The smallest absolute Gasteiger partial charge is 0.222 e. The third kappa shape index (κ3) is 3.01. The highest BCUT2D eigenvalue weighted by Gasteiger charge is 2.36. The van der Waals surface area contributed by atoms with E-state index in [1.54, 1.807) is 12.4 Å². The van der Waals surface area contributed by atoms with Crippen LogP contribution < -0.4 is 0 Å².